The average Bonchev–Trinajstić information content (AvgIpc) is 2.69. The molecule has 0 aliphatic heterocycles. The van der Waals surface area contributed by atoms with Crippen molar-refractivity contribution in [2.45, 2.75) is 63.7 Å². The Morgan fingerprint density at radius 1 is 0.786 bits per heavy atom. The van der Waals surface area contributed by atoms with Gasteiger partial charge in [-0.3, -0.25) is 0 Å². The summed E-state index contributed by atoms with van der Waals surface area (Å²) in [6.07, 6.45) is 13.6. The maximum Gasteiger partial charge on any atom is 0.119 e. The predicted molar refractivity (Wildman–Crippen MR) is 117 cm³/mol. The van der Waals surface area contributed by atoms with Crippen molar-refractivity contribution in [1.29, 1.82) is 0 Å². The molecule has 0 saturated carbocycles. The Labute approximate surface area is 169 Å². The lowest BCUT2D eigenvalue weighted by Crippen LogP contribution is -2.18. The van der Waals surface area contributed by atoms with E-state index in [9.17, 15) is 10.2 Å². The SMILES string of the molecule is CCCCCC(C)(C)c1cc(C2C=CC(c3ccc(O)cc3)C=C2)ccc1O. The minimum Gasteiger partial charge on any atom is -0.508 e. The van der Waals surface area contributed by atoms with Crippen LogP contribution in [0.2, 0.25) is 0 Å². The van der Waals surface area contributed by atoms with Crippen molar-refractivity contribution in [2.75, 3.05) is 0 Å². The number of benzene rings is 2. The van der Waals surface area contributed by atoms with Crippen LogP contribution in [0.4, 0.5) is 0 Å². The second kappa shape index (κ2) is 8.68. The highest BCUT2D eigenvalue weighted by atomic mass is 16.3. The van der Waals surface area contributed by atoms with Gasteiger partial charge in [0.15, 0.2) is 0 Å². The molecule has 2 N–H and O–H groups in total. The standard InChI is InChI=1S/C26H32O2/c1-4-5-6-17-26(2,3)24-18-22(13-16-25(24)28)21-9-7-19(8-10-21)20-11-14-23(27)15-12-20/h7-16,18-19,21,27-28H,4-6,17H2,1-3H3. The van der Waals surface area contributed by atoms with Crippen LogP contribution in [0.5, 0.6) is 11.5 Å². The Kier molecular flexibility index (Phi) is 6.28. The van der Waals surface area contributed by atoms with Crippen LogP contribution in [0.25, 0.3) is 0 Å². The highest BCUT2D eigenvalue weighted by Crippen LogP contribution is 2.38. The van der Waals surface area contributed by atoms with Gasteiger partial charge >= 0.3 is 0 Å². The van der Waals surface area contributed by atoms with Gasteiger partial charge in [-0.2, -0.15) is 0 Å². The molecule has 1 aliphatic carbocycles. The maximum atomic E-state index is 10.5. The van der Waals surface area contributed by atoms with E-state index in [0.717, 1.165) is 12.0 Å². The lowest BCUT2D eigenvalue weighted by atomic mass is 9.77. The second-order valence-corrected chi connectivity index (χ2v) is 8.53. The van der Waals surface area contributed by atoms with Crippen LogP contribution in [0.1, 0.15) is 75.0 Å². The van der Waals surface area contributed by atoms with Crippen LogP contribution >= 0.6 is 0 Å². The van der Waals surface area contributed by atoms with E-state index in [-0.39, 0.29) is 17.3 Å². The molecule has 1 aliphatic rings. The van der Waals surface area contributed by atoms with Crippen molar-refractivity contribution < 1.29 is 10.2 Å². The highest BCUT2D eigenvalue weighted by Gasteiger charge is 2.25. The fraction of sp³-hybridized carbons (Fsp3) is 0.385. The third-order valence-corrected chi connectivity index (χ3v) is 5.87. The van der Waals surface area contributed by atoms with Crippen LogP contribution in [0.15, 0.2) is 66.8 Å². The summed E-state index contributed by atoms with van der Waals surface area (Å²) in [6, 6.07) is 13.5. The molecule has 0 radical (unpaired) electrons. The summed E-state index contributed by atoms with van der Waals surface area (Å²) in [6.45, 7) is 6.68. The average molecular weight is 377 g/mol. The summed E-state index contributed by atoms with van der Waals surface area (Å²) >= 11 is 0. The Morgan fingerprint density at radius 2 is 1.36 bits per heavy atom. The first-order valence-corrected chi connectivity index (χ1v) is 10.4. The van der Waals surface area contributed by atoms with E-state index in [0.29, 0.717) is 11.5 Å². The summed E-state index contributed by atoms with van der Waals surface area (Å²) in [5.74, 6) is 1.15. The van der Waals surface area contributed by atoms with Crippen LogP contribution in [0, 0.1) is 0 Å². The molecule has 0 amide bonds. The zero-order valence-electron chi connectivity index (χ0n) is 17.2. The van der Waals surface area contributed by atoms with Crippen molar-refractivity contribution in [3.05, 3.63) is 83.5 Å². The molecule has 0 unspecified atom stereocenters. The van der Waals surface area contributed by atoms with Gasteiger partial charge in [0.2, 0.25) is 0 Å². The number of phenolic OH excluding ortho intramolecular Hbond substituents is 2. The Balaban J connectivity index is 1.77. The smallest absolute Gasteiger partial charge is 0.119 e. The largest absolute Gasteiger partial charge is 0.508 e. The number of allylic oxidation sites excluding steroid dienone is 4. The van der Waals surface area contributed by atoms with Gasteiger partial charge in [0.25, 0.3) is 0 Å². The van der Waals surface area contributed by atoms with Crippen LogP contribution < -0.4 is 0 Å². The molecule has 0 saturated heterocycles. The zero-order chi connectivity index (χ0) is 20.1. The van der Waals surface area contributed by atoms with Crippen molar-refractivity contribution >= 4 is 0 Å². The molecule has 0 heterocycles. The normalized spacial score (nSPS) is 19.1. The van der Waals surface area contributed by atoms with Crippen molar-refractivity contribution in [3.8, 4) is 11.5 Å². The molecule has 28 heavy (non-hydrogen) atoms. The van der Waals surface area contributed by atoms with Gasteiger partial charge in [0, 0.05) is 11.8 Å². The van der Waals surface area contributed by atoms with Crippen molar-refractivity contribution in [1.82, 2.24) is 0 Å². The van der Waals surface area contributed by atoms with Crippen LogP contribution in [0.3, 0.4) is 0 Å². The Bertz CT molecular complexity index is 829. The Morgan fingerprint density at radius 3 is 1.96 bits per heavy atom. The van der Waals surface area contributed by atoms with Gasteiger partial charge in [0.1, 0.15) is 11.5 Å². The van der Waals surface area contributed by atoms with E-state index in [2.05, 4.69) is 51.1 Å². The number of hydrogen-bond acceptors (Lipinski definition) is 2. The molecule has 2 heteroatoms. The number of unbranched alkanes of at least 4 members (excludes halogenated alkanes) is 2. The van der Waals surface area contributed by atoms with E-state index in [1.807, 2.05) is 24.3 Å². The molecule has 2 aromatic rings. The van der Waals surface area contributed by atoms with Gasteiger partial charge in [-0.25, -0.2) is 0 Å². The molecular formula is C26H32O2. The number of aromatic hydroxyl groups is 2. The lowest BCUT2D eigenvalue weighted by Gasteiger charge is -2.28. The van der Waals surface area contributed by atoms with Crippen LogP contribution in [-0.4, -0.2) is 10.2 Å². The Hall–Kier alpha value is -2.48. The molecule has 0 aromatic heterocycles. The summed E-state index contributed by atoms with van der Waals surface area (Å²) in [5, 5.41) is 20.0. The molecule has 0 atom stereocenters. The topological polar surface area (TPSA) is 40.5 Å². The van der Waals surface area contributed by atoms with E-state index in [1.165, 1.54) is 30.4 Å². The van der Waals surface area contributed by atoms with Gasteiger partial charge in [-0.1, -0.05) is 88.6 Å². The summed E-state index contributed by atoms with van der Waals surface area (Å²) in [7, 11) is 0. The van der Waals surface area contributed by atoms with Crippen LogP contribution in [-0.2, 0) is 5.41 Å². The third-order valence-electron chi connectivity index (χ3n) is 5.87. The molecule has 0 fully saturated rings. The number of hydrogen-bond donors (Lipinski definition) is 2. The lowest BCUT2D eigenvalue weighted by molar-refractivity contribution is 0.407. The molecule has 0 bridgehead atoms. The minimum absolute atomic E-state index is 0.0358. The minimum atomic E-state index is -0.0358. The summed E-state index contributed by atoms with van der Waals surface area (Å²) in [5.41, 5.74) is 3.40. The molecule has 2 aromatic carbocycles. The van der Waals surface area contributed by atoms with E-state index < -0.39 is 0 Å². The van der Waals surface area contributed by atoms with E-state index in [4.69, 9.17) is 0 Å². The predicted octanol–water partition coefficient (Wildman–Crippen LogP) is 6.95. The van der Waals surface area contributed by atoms with Crippen molar-refractivity contribution in [2.24, 2.45) is 0 Å². The quantitative estimate of drug-likeness (QED) is 0.405. The first-order valence-electron chi connectivity index (χ1n) is 10.4. The van der Waals surface area contributed by atoms with Gasteiger partial charge in [0.05, 0.1) is 0 Å². The second-order valence-electron chi connectivity index (χ2n) is 8.53. The van der Waals surface area contributed by atoms with E-state index >= 15 is 0 Å². The fourth-order valence-corrected chi connectivity index (χ4v) is 4.00. The number of rotatable bonds is 7. The molecule has 148 valence electrons. The molecule has 2 nitrogen and oxygen atoms in total. The zero-order valence-corrected chi connectivity index (χ0v) is 17.2. The fourth-order valence-electron chi connectivity index (χ4n) is 4.00. The summed E-state index contributed by atoms with van der Waals surface area (Å²) in [4.78, 5) is 0. The van der Waals surface area contributed by atoms with Gasteiger partial charge in [-0.05, 0) is 46.7 Å². The summed E-state index contributed by atoms with van der Waals surface area (Å²) < 4.78 is 0. The molecule has 3 rings (SSSR count). The van der Waals surface area contributed by atoms with E-state index in [1.54, 1.807) is 12.1 Å². The number of phenols is 2. The molecular weight excluding hydrogens is 344 g/mol. The first kappa shape index (κ1) is 20.3. The highest BCUT2D eigenvalue weighted by molar-refractivity contribution is 5.46. The molecule has 0 spiro atoms. The third kappa shape index (κ3) is 4.67. The van der Waals surface area contributed by atoms with Crippen molar-refractivity contribution in [3.63, 3.8) is 0 Å². The maximum absolute atomic E-state index is 10.5. The van der Waals surface area contributed by atoms with Gasteiger partial charge < -0.3 is 10.2 Å². The monoisotopic (exact) mass is 376 g/mol. The first-order chi connectivity index (χ1) is 13.4. The van der Waals surface area contributed by atoms with Gasteiger partial charge in [-0.15, -0.1) is 0 Å².